The smallest absolute Gasteiger partial charge is 0.106 e. The van der Waals surface area contributed by atoms with Gasteiger partial charge in [-0.1, -0.05) is 37.3 Å². The van der Waals surface area contributed by atoms with Crippen molar-refractivity contribution in [1.82, 2.24) is 9.97 Å². The zero-order chi connectivity index (χ0) is 11.4. The van der Waals surface area contributed by atoms with Gasteiger partial charge in [0.2, 0.25) is 0 Å². The van der Waals surface area contributed by atoms with Crippen molar-refractivity contribution >= 4 is 0 Å². The molecule has 2 rings (SSSR count). The summed E-state index contributed by atoms with van der Waals surface area (Å²) in [5.41, 5.74) is 2.48. The number of hydrogen-bond acceptors (Lipinski definition) is 1. The molecule has 1 aromatic carbocycles. The molecular formula is C14H18N2. The third-order valence-corrected chi connectivity index (χ3v) is 2.94. The lowest BCUT2D eigenvalue weighted by atomic mass is 9.96. The normalized spacial score (nSPS) is 12.6. The van der Waals surface area contributed by atoms with Crippen LogP contribution in [0.4, 0.5) is 0 Å². The number of imidazole rings is 1. The molecule has 1 aromatic heterocycles. The van der Waals surface area contributed by atoms with Crippen LogP contribution in [-0.4, -0.2) is 9.97 Å². The molecule has 2 nitrogen and oxygen atoms in total. The number of hydrogen-bond donors (Lipinski definition) is 1. The first kappa shape index (κ1) is 10.9. The van der Waals surface area contributed by atoms with Gasteiger partial charge in [0.25, 0.3) is 0 Å². The summed E-state index contributed by atoms with van der Waals surface area (Å²) in [5.74, 6) is 1.69. The molecule has 0 aliphatic rings. The third kappa shape index (κ3) is 2.72. The molecule has 2 heteroatoms. The highest BCUT2D eigenvalue weighted by atomic mass is 14.9. The number of benzene rings is 1. The van der Waals surface area contributed by atoms with Crippen LogP contribution in [-0.2, 0) is 6.42 Å². The van der Waals surface area contributed by atoms with Crippen LogP contribution in [0.25, 0.3) is 0 Å². The largest absolute Gasteiger partial charge is 0.348 e. The van der Waals surface area contributed by atoms with E-state index in [9.17, 15) is 0 Å². The van der Waals surface area contributed by atoms with Crippen molar-refractivity contribution in [2.75, 3.05) is 0 Å². The molecule has 2 aromatic rings. The van der Waals surface area contributed by atoms with Crippen molar-refractivity contribution in [2.45, 2.75) is 32.6 Å². The Balaban J connectivity index is 1.91. The van der Waals surface area contributed by atoms with Crippen molar-refractivity contribution in [2.24, 2.45) is 0 Å². The molecule has 0 aliphatic carbocycles. The minimum atomic E-state index is 0.589. The second kappa shape index (κ2) is 4.97. The molecule has 1 atom stereocenters. The van der Waals surface area contributed by atoms with Gasteiger partial charge in [-0.3, -0.25) is 0 Å². The van der Waals surface area contributed by atoms with Gasteiger partial charge in [0, 0.05) is 12.6 Å². The average Bonchev–Trinajstić information content (AvgIpc) is 2.73. The van der Waals surface area contributed by atoms with Crippen molar-refractivity contribution in [3.8, 4) is 0 Å². The second-order valence-electron chi connectivity index (χ2n) is 4.34. The highest BCUT2D eigenvalue weighted by Gasteiger charge is 2.06. The molecule has 0 aliphatic heterocycles. The van der Waals surface area contributed by atoms with Crippen molar-refractivity contribution in [3.05, 3.63) is 53.6 Å². The third-order valence-electron chi connectivity index (χ3n) is 2.94. The molecule has 1 unspecified atom stereocenters. The first-order valence-electron chi connectivity index (χ1n) is 5.81. The number of rotatable bonds is 4. The van der Waals surface area contributed by atoms with Crippen LogP contribution in [0.1, 0.15) is 36.3 Å². The van der Waals surface area contributed by atoms with E-state index in [0.717, 1.165) is 24.4 Å². The van der Waals surface area contributed by atoms with Gasteiger partial charge in [-0.25, -0.2) is 4.98 Å². The van der Waals surface area contributed by atoms with E-state index in [1.807, 2.05) is 13.1 Å². The summed E-state index contributed by atoms with van der Waals surface area (Å²) in [7, 11) is 0. The number of aromatic nitrogens is 2. The number of aromatic amines is 1. The van der Waals surface area contributed by atoms with Crippen molar-refractivity contribution in [1.29, 1.82) is 0 Å². The number of H-pyrrole nitrogens is 1. The van der Waals surface area contributed by atoms with E-state index in [0.29, 0.717) is 5.92 Å². The van der Waals surface area contributed by atoms with Crippen LogP contribution >= 0.6 is 0 Å². The zero-order valence-corrected chi connectivity index (χ0v) is 9.90. The first-order chi connectivity index (χ1) is 7.75. The van der Waals surface area contributed by atoms with Crippen molar-refractivity contribution < 1.29 is 0 Å². The molecule has 1 heterocycles. The number of nitrogens with zero attached hydrogens (tertiary/aromatic N) is 1. The first-order valence-corrected chi connectivity index (χ1v) is 5.81. The maximum atomic E-state index is 4.42. The molecule has 0 radical (unpaired) electrons. The second-order valence-corrected chi connectivity index (χ2v) is 4.34. The fourth-order valence-corrected chi connectivity index (χ4v) is 1.89. The van der Waals surface area contributed by atoms with Crippen LogP contribution in [0.5, 0.6) is 0 Å². The Kier molecular flexibility index (Phi) is 3.40. The minimum Gasteiger partial charge on any atom is -0.348 e. The summed E-state index contributed by atoms with van der Waals surface area (Å²) >= 11 is 0. The SMILES string of the molecule is Cc1c[nH]c(CCC(C)c2ccccc2)n1. The van der Waals surface area contributed by atoms with Gasteiger partial charge in [0.1, 0.15) is 5.82 Å². The fourth-order valence-electron chi connectivity index (χ4n) is 1.89. The Morgan fingerprint density at radius 3 is 2.62 bits per heavy atom. The number of aryl methyl sites for hydroxylation is 2. The molecule has 84 valence electrons. The van der Waals surface area contributed by atoms with E-state index in [1.165, 1.54) is 5.56 Å². The lowest BCUT2D eigenvalue weighted by Gasteiger charge is -2.10. The monoisotopic (exact) mass is 214 g/mol. The van der Waals surface area contributed by atoms with Gasteiger partial charge in [-0.15, -0.1) is 0 Å². The molecule has 0 fully saturated rings. The van der Waals surface area contributed by atoms with Crippen LogP contribution in [0.3, 0.4) is 0 Å². The molecule has 0 saturated carbocycles. The Morgan fingerprint density at radius 2 is 2.00 bits per heavy atom. The Labute approximate surface area is 96.7 Å². The molecule has 16 heavy (non-hydrogen) atoms. The van der Waals surface area contributed by atoms with Crippen LogP contribution in [0, 0.1) is 6.92 Å². The van der Waals surface area contributed by atoms with E-state index in [2.05, 4.69) is 47.2 Å². The van der Waals surface area contributed by atoms with Gasteiger partial charge in [-0.05, 0) is 24.8 Å². The average molecular weight is 214 g/mol. The Morgan fingerprint density at radius 1 is 1.25 bits per heavy atom. The number of nitrogens with one attached hydrogen (secondary N) is 1. The summed E-state index contributed by atoms with van der Waals surface area (Å²) in [6.07, 6.45) is 4.11. The molecule has 0 amide bonds. The van der Waals surface area contributed by atoms with Gasteiger partial charge < -0.3 is 4.98 Å². The summed E-state index contributed by atoms with van der Waals surface area (Å²) in [5, 5.41) is 0. The van der Waals surface area contributed by atoms with Crippen LogP contribution < -0.4 is 0 Å². The molecule has 0 bridgehead atoms. The maximum Gasteiger partial charge on any atom is 0.106 e. The topological polar surface area (TPSA) is 28.7 Å². The predicted octanol–water partition coefficient (Wildman–Crippen LogP) is 3.45. The summed E-state index contributed by atoms with van der Waals surface area (Å²) < 4.78 is 0. The quantitative estimate of drug-likeness (QED) is 0.829. The van der Waals surface area contributed by atoms with E-state index >= 15 is 0 Å². The van der Waals surface area contributed by atoms with E-state index in [-0.39, 0.29) is 0 Å². The van der Waals surface area contributed by atoms with Gasteiger partial charge >= 0.3 is 0 Å². The standard InChI is InChI=1S/C14H18N2/c1-11(13-6-4-3-5-7-13)8-9-14-15-10-12(2)16-14/h3-7,10-11H,8-9H2,1-2H3,(H,15,16). The maximum absolute atomic E-state index is 4.42. The Hall–Kier alpha value is -1.57. The molecule has 1 N–H and O–H groups in total. The van der Waals surface area contributed by atoms with Gasteiger partial charge in [-0.2, -0.15) is 0 Å². The lowest BCUT2D eigenvalue weighted by molar-refractivity contribution is 0.663. The van der Waals surface area contributed by atoms with Crippen molar-refractivity contribution in [3.63, 3.8) is 0 Å². The summed E-state index contributed by atoms with van der Waals surface area (Å²) in [6, 6.07) is 10.6. The Bertz CT molecular complexity index is 431. The van der Waals surface area contributed by atoms with E-state index < -0.39 is 0 Å². The molecule has 0 saturated heterocycles. The highest BCUT2D eigenvalue weighted by molar-refractivity contribution is 5.18. The van der Waals surface area contributed by atoms with Gasteiger partial charge in [0.05, 0.1) is 5.69 Å². The zero-order valence-electron chi connectivity index (χ0n) is 9.90. The van der Waals surface area contributed by atoms with Crippen LogP contribution in [0.2, 0.25) is 0 Å². The summed E-state index contributed by atoms with van der Waals surface area (Å²) in [6.45, 7) is 4.28. The van der Waals surface area contributed by atoms with Crippen LogP contribution in [0.15, 0.2) is 36.5 Å². The van der Waals surface area contributed by atoms with Gasteiger partial charge in [0.15, 0.2) is 0 Å². The summed E-state index contributed by atoms with van der Waals surface area (Å²) in [4.78, 5) is 7.62. The fraction of sp³-hybridized carbons (Fsp3) is 0.357. The van der Waals surface area contributed by atoms with E-state index in [1.54, 1.807) is 0 Å². The van der Waals surface area contributed by atoms with E-state index in [4.69, 9.17) is 0 Å². The predicted molar refractivity (Wildman–Crippen MR) is 66.5 cm³/mol. The highest BCUT2D eigenvalue weighted by Crippen LogP contribution is 2.19. The molecule has 0 spiro atoms. The molecular weight excluding hydrogens is 196 g/mol. The lowest BCUT2D eigenvalue weighted by Crippen LogP contribution is -1.97. The minimum absolute atomic E-state index is 0.589.